The molecule has 4 nitrogen and oxygen atoms in total. The maximum Gasteiger partial charge on any atom is 0.264 e. The molecule has 2 rings (SSSR count). The highest BCUT2D eigenvalue weighted by molar-refractivity contribution is 7.92. The maximum absolute atomic E-state index is 13.0. The van der Waals surface area contributed by atoms with Crippen LogP contribution in [0.3, 0.4) is 0 Å². The van der Waals surface area contributed by atoms with Crippen LogP contribution in [0.25, 0.3) is 0 Å². The first kappa shape index (κ1) is 15.3. The van der Waals surface area contributed by atoms with E-state index in [1.807, 2.05) is 0 Å². The van der Waals surface area contributed by atoms with Gasteiger partial charge in [-0.2, -0.15) is 0 Å². The van der Waals surface area contributed by atoms with Gasteiger partial charge in [-0.05, 0) is 61.9 Å². The third-order valence-electron chi connectivity index (χ3n) is 3.23. The lowest BCUT2D eigenvalue weighted by Crippen LogP contribution is -2.30. The van der Waals surface area contributed by atoms with Crippen molar-refractivity contribution in [3.63, 3.8) is 0 Å². The van der Waals surface area contributed by atoms with E-state index in [9.17, 15) is 12.8 Å². The standard InChI is InChI=1S/C15H17FN2O2S/c1-3-18(13-6-4-12(16)5-7-13)21(19,20)14-8-9-15(17)11(2)10-14/h4-10H,3,17H2,1-2H3. The van der Waals surface area contributed by atoms with E-state index in [1.54, 1.807) is 19.9 Å². The van der Waals surface area contributed by atoms with E-state index in [-0.39, 0.29) is 11.4 Å². The summed E-state index contributed by atoms with van der Waals surface area (Å²) in [4.78, 5) is 0.167. The molecule has 0 fully saturated rings. The van der Waals surface area contributed by atoms with E-state index >= 15 is 0 Å². The fourth-order valence-corrected chi connectivity index (χ4v) is 3.59. The molecule has 0 saturated carbocycles. The topological polar surface area (TPSA) is 63.4 Å². The summed E-state index contributed by atoms with van der Waals surface area (Å²) < 4.78 is 39.6. The van der Waals surface area contributed by atoms with Crippen LogP contribution in [0.1, 0.15) is 12.5 Å². The molecule has 2 aromatic carbocycles. The minimum absolute atomic E-state index is 0.167. The molecule has 2 aromatic rings. The second kappa shape index (κ2) is 5.73. The minimum Gasteiger partial charge on any atom is -0.399 e. The molecule has 6 heteroatoms. The van der Waals surface area contributed by atoms with Gasteiger partial charge in [0.05, 0.1) is 10.6 Å². The Labute approximate surface area is 124 Å². The van der Waals surface area contributed by atoms with E-state index in [2.05, 4.69) is 0 Å². The van der Waals surface area contributed by atoms with Crippen molar-refractivity contribution in [3.8, 4) is 0 Å². The lowest BCUT2D eigenvalue weighted by molar-refractivity contribution is 0.591. The average molecular weight is 308 g/mol. The van der Waals surface area contributed by atoms with Gasteiger partial charge in [-0.25, -0.2) is 12.8 Å². The van der Waals surface area contributed by atoms with Gasteiger partial charge in [0.2, 0.25) is 0 Å². The van der Waals surface area contributed by atoms with Crippen molar-refractivity contribution in [2.75, 3.05) is 16.6 Å². The van der Waals surface area contributed by atoms with E-state index in [0.29, 0.717) is 16.9 Å². The predicted octanol–water partition coefficient (Wildman–Crippen LogP) is 2.93. The Balaban J connectivity index is 2.49. The number of hydrogen-bond donors (Lipinski definition) is 1. The smallest absolute Gasteiger partial charge is 0.264 e. The van der Waals surface area contributed by atoms with Gasteiger partial charge in [0.25, 0.3) is 10.0 Å². The maximum atomic E-state index is 13.0. The van der Waals surface area contributed by atoms with E-state index < -0.39 is 15.8 Å². The summed E-state index contributed by atoms with van der Waals surface area (Å²) in [6.45, 7) is 3.73. The number of nitrogens with two attached hydrogens (primary N) is 1. The Kier molecular flexibility index (Phi) is 4.18. The number of hydrogen-bond acceptors (Lipinski definition) is 3. The number of anilines is 2. The first-order valence-corrected chi connectivity index (χ1v) is 7.94. The zero-order valence-electron chi connectivity index (χ0n) is 11.9. The summed E-state index contributed by atoms with van der Waals surface area (Å²) in [5, 5.41) is 0. The third-order valence-corrected chi connectivity index (χ3v) is 5.13. The molecule has 0 spiro atoms. The van der Waals surface area contributed by atoms with Gasteiger partial charge in [0.15, 0.2) is 0 Å². The van der Waals surface area contributed by atoms with Crippen molar-refractivity contribution in [2.24, 2.45) is 0 Å². The van der Waals surface area contributed by atoms with Gasteiger partial charge in [0, 0.05) is 12.2 Å². The quantitative estimate of drug-likeness (QED) is 0.883. The summed E-state index contributed by atoms with van der Waals surface area (Å²) in [6, 6.07) is 9.95. The van der Waals surface area contributed by atoms with Crippen molar-refractivity contribution >= 4 is 21.4 Å². The first-order chi connectivity index (χ1) is 9.86. The normalized spacial score (nSPS) is 11.4. The molecule has 112 valence electrons. The molecule has 21 heavy (non-hydrogen) atoms. The summed E-state index contributed by atoms with van der Waals surface area (Å²) in [5.74, 6) is -0.407. The van der Waals surface area contributed by atoms with Crippen molar-refractivity contribution < 1.29 is 12.8 Å². The number of sulfonamides is 1. The molecule has 0 unspecified atom stereocenters. The highest BCUT2D eigenvalue weighted by Gasteiger charge is 2.23. The SMILES string of the molecule is CCN(c1ccc(F)cc1)S(=O)(=O)c1ccc(N)c(C)c1. The summed E-state index contributed by atoms with van der Waals surface area (Å²) in [5.41, 5.74) is 7.38. The number of halogens is 1. The lowest BCUT2D eigenvalue weighted by atomic mass is 10.2. The molecule has 0 heterocycles. The highest BCUT2D eigenvalue weighted by atomic mass is 32.2. The lowest BCUT2D eigenvalue weighted by Gasteiger charge is -2.23. The van der Waals surface area contributed by atoms with Crippen LogP contribution in [-0.2, 0) is 10.0 Å². The largest absolute Gasteiger partial charge is 0.399 e. The van der Waals surface area contributed by atoms with E-state index in [0.717, 1.165) is 0 Å². The molecule has 0 amide bonds. The highest BCUT2D eigenvalue weighted by Crippen LogP contribution is 2.25. The molecule has 2 N–H and O–H groups in total. The predicted molar refractivity (Wildman–Crippen MR) is 82.2 cm³/mol. The average Bonchev–Trinajstić information content (AvgIpc) is 2.44. The molecular formula is C15H17FN2O2S. The van der Waals surface area contributed by atoms with Crippen LogP contribution >= 0.6 is 0 Å². The van der Waals surface area contributed by atoms with Crippen molar-refractivity contribution in [1.82, 2.24) is 0 Å². The van der Waals surface area contributed by atoms with Gasteiger partial charge in [0.1, 0.15) is 5.82 Å². The van der Waals surface area contributed by atoms with Gasteiger partial charge in [-0.3, -0.25) is 4.31 Å². The second-order valence-electron chi connectivity index (χ2n) is 4.66. The van der Waals surface area contributed by atoms with Crippen molar-refractivity contribution in [1.29, 1.82) is 0 Å². The van der Waals surface area contributed by atoms with Crippen LogP contribution in [0.4, 0.5) is 15.8 Å². The zero-order valence-corrected chi connectivity index (χ0v) is 12.7. The van der Waals surface area contributed by atoms with E-state index in [1.165, 1.54) is 40.7 Å². The van der Waals surface area contributed by atoms with Crippen molar-refractivity contribution in [3.05, 3.63) is 53.8 Å². The summed E-state index contributed by atoms with van der Waals surface area (Å²) in [6.07, 6.45) is 0. The Morgan fingerprint density at radius 3 is 2.29 bits per heavy atom. The Morgan fingerprint density at radius 1 is 1.14 bits per heavy atom. The monoisotopic (exact) mass is 308 g/mol. The summed E-state index contributed by atoms with van der Waals surface area (Å²) in [7, 11) is -3.70. The van der Waals surface area contributed by atoms with Crippen LogP contribution in [0.5, 0.6) is 0 Å². The van der Waals surface area contributed by atoms with Crippen LogP contribution in [0.2, 0.25) is 0 Å². The molecular weight excluding hydrogens is 291 g/mol. The van der Waals surface area contributed by atoms with Crippen LogP contribution in [0, 0.1) is 12.7 Å². The number of benzene rings is 2. The number of rotatable bonds is 4. The molecule has 0 atom stereocenters. The van der Waals surface area contributed by atoms with Crippen LogP contribution < -0.4 is 10.0 Å². The third kappa shape index (κ3) is 3.00. The van der Waals surface area contributed by atoms with Gasteiger partial charge < -0.3 is 5.73 Å². The molecule has 0 bridgehead atoms. The van der Waals surface area contributed by atoms with Crippen molar-refractivity contribution in [2.45, 2.75) is 18.7 Å². The second-order valence-corrected chi connectivity index (χ2v) is 6.53. The summed E-state index contributed by atoms with van der Waals surface area (Å²) >= 11 is 0. The fourth-order valence-electron chi connectivity index (χ4n) is 2.03. The number of nitrogen functional groups attached to an aromatic ring is 1. The number of aryl methyl sites for hydroxylation is 1. The minimum atomic E-state index is -3.70. The molecule has 0 aliphatic heterocycles. The first-order valence-electron chi connectivity index (χ1n) is 6.50. The molecule has 0 aliphatic rings. The van der Waals surface area contributed by atoms with Crippen LogP contribution in [0.15, 0.2) is 47.4 Å². The molecule has 0 aliphatic carbocycles. The Hall–Kier alpha value is -2.08. The molecule has 0 saturated heterocycles. The van der Waals surface area contributed by atoms with Gasteiger partial charge in [-0.1, -0.05) is 0 Å². The van der Waals surface area contributed by atoms with E-state index in [4.69, 9.17) is 5.73 Å². The van der Waals surface area contributed by atoms with Crippen LogP contribution in [-0.4, -0.2) is 15.0 Å². The zero-order chi connectivity index (χ0) is 15.6. The Morgan fingerprint density at radius 2 is 1.76 bits per heavy atom. The fraction of sp³-hybridized carbons (Fsp3) is 0.200. The van der Waals surface area contributed by atoms with Gasteiger partial charge in [-0.15, -0.1) is 0 Å². The molecule has 0 aromatic heterocycles. The molecule has 0 radical (unpaired) electrons. The van der Waals surface area contributed by atoms with Gasteiger partial charge >= 0.3 is 0 Å². The Bertz CT molecular complexity index is 743. The number of nitrogens with zero attached hydrogens (tertiary/aromatic N) is 1.